The van der Waals surface area contributed by atoms with E-state index in [2.05, 4.69) is 15.6 Å². The number of ether oxygens (including phenoxy) is 1. The Morgan fingerprint density at radius 1 is 1.00 bits per heavy atom. The molecule has 13 heteroatoms. The zero-order chi connectivity index (χ0) is 28.6. The molecule has 1 heterocycles. The first kappa shape index (κ1) is 29.6. The SMILES string of the molecule is CC(C)(C)OC(=O)NN(Cc1ccc(-n2cnnc2)cc1)C[C@H](O)[C@H](Cc1ccccc1)NC(=O)C(F)(F)F. The molecule has 2 amide bonds. The van der Waals surface area contributed by atoms with Gasteiger partial charge in [0.05, 0.1) is 12.1 Å². The second-order valence-electron chi connectivity index (χ2n) is 9.86. The summed E-state index contributed by atoms with van der Waals surface area (Å²) in [6.45, 7) is 4.79. The van der Waals surface area contributed by atoms with Gasteiger partial charge in [-0.15, -0.1) is 10.2 Å². The fourth-order valence-electron chi connectivity index (χ4n) is 3.66. The van der Waals surface area contributed by atoms with Gasteiger partial charge in [0.15, 0.2) is 0 Å². The number of alkyl halides is 3. The third kappa shape index (κ3) is 9.69. The molecule has 3 aromatic rings. The molecule has 1 aromatic heterocycles. The molecule has 0 unspecified atom stereocenters. The smallest absolute Gasteiger partial charge is 0.443 e. The summed E-state index contributed by atoms with van der Waals surface area (Å²) in [6.07, 6.45) is -4.45. The van der Waals surface area contributed by atoms with Gasteiger partial charge in [-0.1, -0.05) is 42.5 Å². The second kappa shape index (κ2) is 12.7. The Kier molecular flexibility index (Phi) is 9.65. The van der Waals surface area contributed by atoms with E-state index in [-0.39, 0.29) is 19.5 Å². The van der Waals surface area contributed by atoms with Crippen LogP contribution in [-0.4, -0.2) is 67.3 Å². The normalized spacial score (nSPS) is 13.5. The van der Waals surface area contributed by atoms with Crippen LogP contribution in [0.25, 0.3) is 5.69 Å². The van der Waals surface area contributed by atoms with Crippen molar-refractivity contribution < 1.29 is 32.6 Å². The van der Waals surface area contributed by atoms with Gasteiger partial charge >= 0.3 is 18.2 Å². The number of aromatic nitrogens is 3. The van der Waals surface area contributed by atoms with Crippen molar-refractivity contribution >= 4 is 12.0 Å². The van der Waals surface area contributed by atoms with E-state index in [0.29, 0.717) is 11.1 Å². The van der Waals surface area contributed by atoms with E-state index < -0.39 is 35.9 Å². The highest BCUT2D eigenvalue weighted by Crippen LogP contribution is 2.17. The van der Waals surface area contributed by atoms with E-state index >= 15 is 0 Å². The topological polar surface area (TPSA) is 122 Å². The molecule has 3 rings (SSSR count). The van der Waals surface area contributed by atoms with Crippen molar-refractivity contribution in [1.29, 1.82) is 0 Å². The summed E-state index contributed by atoms with van der Waals surface area (Å²) in [7, 11) is 0. The van der Waals surface area contributed by atoms with Crippen molar-refractivity contribution in [3.05, 3.63) is 78.4 Å². The maximum Gasteiger partial charge on any atom is 0.471 e. The van der Waals surface area contributed by atoms with E-state index in [9.17, 15) is 27.9 Å². The minimum atomic E-state index is -5.13. The van der Waals surface area contributed by atoms with Crippen LogP contribution in [0.3, 0.4) is 0 Å². The summed E-state index contributed by atoms with van der Waals surface area (Å²) in [4.78, 5) is 24.3. The molecule has 0 fully saturated rings. The van der Waals surface area contributed by atoms with Crippen LogP contribution in [-0.2, 0) is 22.5 Å². The highest BCUT2D eigenvalue weighted by atomic mass is 19.4. The summed E-state index contributed by atoms with van der Waals surface area (Å²) >= 11 is 0. The molecule has 0 aliphatic heterocycles. The third-order valence-electron chi connectivity index (χ3n) is 5.42. The average molecular weight is 549 g/mol. The van der Waals surface area contributed by atoms with Crippen molar-refractivity contribution in [3.8, 4) is 5.69 Å². The molecule has 210 valence electrons. The first-order chi connectivity index (χ1) is 18.3. The summed E-state index contributed by atoms with van der Waals surface area (Å²) in [5.41, 5.74) is 3.85. The van der Waals surface area contributed by atoms with Gasteiger partial charge in [0.1, 0.15) is 18.3 Å². The van der Waals surface area contributed by atoms with Gasteiger partial charge in [0, 0.05) is 18.8 Å². The van der Waals surface area contributed by atoms with E-state index in [1.807, 2.05) is 5.32 Å². The van der Waals surface area contributed by atoms with E-state index in [1.54, 1.807) is 79.9 Å². The Morgan fingerprint density at radius 2 is 1.62 bits per heavy atom. The molecular formula is C26H31F3N6O4. The van der Waals surface area contributed by atoms with Gasteiger partial charge in [0.25, 0.3) is 0 Å². The average Bonchev–Trinajstić information content (AvgIpc) is 3.38. The number of amides is 2. The van der Waals surface area contributed by atoms with Crippen LogP contribution in [0.4, 0.5) is 18.0 Å². The summed E-state index contributed by atoms with van der Waals surface area (Å²) in [6, 6.07) is 14.3. The predicted octanol–water partition coefficient (Wildman–Crippen LogP) is 3.16. The number of nitrogens with zero attached hydrogens (tertiary/aromatic N) is 4. The number of nitrogens with one attached hydrogen (secondary N) is 2. The minimum absolute atomic E-state index is 0.0717. The summed E-state index contributed by atoms with van der Waals surface area (Å²) in [5.74, 6) is -2.17. The van der Waals surface area contributed by atoms with Crippen LogP contribution in [0.5, 0.6) is 0 Å². The lowest BCUT2D eigenvalue weighted by Crippen LogP contribution is -2.55. The first-order valence-corrected chi connectivity index (χ1v) is 12.1. The van der Waals surface area contributed by atoms with Gasteiger partial charge in [-0.25, -0.2) is 9.80 Å². The molecule has 0 bridgehead atoms. The molecule has 2 aromatic carbocycles. The van der Waals surface area contributed by atoms with Crippen LogP contribution < -0.4 is 10.7 Å². The molecule has 0 aliphatic carbocycles. The largest absolute Gasteiger partial charge is 0.471 e. The van der Waals surface area contributed by atoms with Gasteiger partial charge in [0.2, 0.25) is 0 Å². The number of carbonyl (C=O) groups excluding carboxylic acids is 2. The first-order valence-electron chi connectivity index (χ1n) is 12.1. The van der Waals surface area contributed by atoms with E-state index in [4.69, 9.17) is 4.74 Å². The Labute approximate surface area is 223 Å². The maximum atomic E-state index is 13.0. The van der Waals surface area contributed by atoms with Gasteiger partial charge in [-0.3, -0.25) is 14.8 Å². The van der Waals surface area contributed by atoms with Crippen molar-refractivity contribution in [2.45, 2.75) is 57.7 Å². The number of rotatable bonds is 10. The zero-order valence-corrected chi connectivity index (χ0v) is 21.7. The van der Waals surface area contributed by atoms with Gasteiger partial charge < -0.3 is 15.2 Å². The van der Waals surface area contributed by atoms with E-state index in [1.165, 1.54) is 17.7 Å². The summed E-state index contributed by atoms with van der Waals surface area (Å²) in [5, 5.41) is 21.8. The highest BCUT2D eigenvalue weighted by Gasteiger charge is 2.41. The number of halogens is 3. The lowest BCUT2D eigenvalue weighted by molar-refractivity contribution is -0.175. The standard InChI is InChI=1S/C26H31F3N6O4/c1-25(2,3)39-24(38)33-35(14-19-9-11-20(12-10-19)34-16-30-31-17-34)15-22(36)21(32-23(37)26(27,28)29)13-18-7-5-4-6-8-18/h4-12,16-17,21-22,36H,13-15H2,1-3H3,(H,32,37)(H,33,38)/t21-,22-/m0/s1. The van der Waals surface area contributed by atoms with Crippen LogP contribution in [0.2, 0.25) is 0 Å². The molecule has 0 spiro atoms. The van der Waals surface area contributed by atoms with E-state index in [0.717, 1.165) is 5.69 Å². The van der Waals surface area contributed by atoms with Crippen molar-refractivity contribution in [3.63, 3.8) is 0 Å². The van der Waals surface area contributed by atoms with Crippen LogP contribution in [0.1, 0.15) is 31.9 Å². The molecule has 0 radical (unpaired) electrons. The fourth-order valence-corrected chi connectivity index (χ4v) is 3.66. The van der Waals surface area contributed by atoms with Crippen LogP contribution in [0, 0.1) is 0 Å². The second-order valence-corrected chi connectivity index (χ2v) is 9.86. The predicted molar refractivity (Wildman–Crippen MR) is 135 cm³/mol. The van der Waals surface area contributed by atoms with Crippen molar-refractivity contribution in [1.82, 2.24) is 30.5 Å². The Bertz CT molecular complexity index is 1200. The van der Waals surface area contributed by atoms with Crippen LogP contribution in [0.15, 0.2) is 67.3 Å². The van der Waals surface area contributed by atoms with Crippen molar-refractivity contribution in [2.24, 2.45) is 0 Å². The number of hydrogen-bond acceptors (Lipinski definition) is 7. The molecule has 10 nitrogen and oxygen atoms in total. The lowest BCUT2D eigenvalue weighted by Gasteiger charge is -2.31. The van der Waals surface area contributed by atoms with Crippen LogP contribution >= 0.6 is 0 Å². The Hall–Kier alpha value is -3.97. The molecular weight excluding hydrogens is 517 g/mol. The molecule has 0 saturated heterocycles. The van der Waals surface area contributed by atoms with Gasteiger partial charge in [-0.05, 0) is 50.5 Å². The fraction of sp³-hybridized carbons (Fsp3) is 0.385. The molecule has 0 saturated carbocycles. The minimum Gasteiger partial charge on any atom is -0.443 e. The number of hydrogen-bond donors (Lipinski definition) is 3. The van der Waals surface area contributed by atoms with Crippen molar-refractivity contribution in [2.75, 3.05) is 6.54 Å². The zero-order valence-electron chi connectivity index (χ0n) is 21.7. The number of aliphatic hydroxyl groups is 1. The third-order valence-corrected chi connectivity index (χ3v) is 5.42. The number of hydrazine groups is 1. The number of benzene rings is 2. The quantitative estimate of drug-likeness (QED) is 0.333. The number of carbonyl (C=O) groups is 2. The molecule has 0 aliphatic rings. The lowest BCUT2D eigenvalue weighted by atomic mass is 10.0. The maximum absolute atomic E-state index is 13.0. The molecule has 2 atom stereocenters. The molecule has 3 N–H and O–H groups in total. The number of aliphatic hydroxyl groups excluding tert-OH is 1. The van der Waals surface area contributed by atoms with Gasteiger partial charge in [-0.2, -0.15) is 13.2 Å². The summed E-state index contributed by atoms with van der Waals surface area (Å²) < 4.78 is 46.1. The Morgan fingerprint density at radius 3 is 2.18 bits per heavy atom. The molecule has 39 heavy (non-hydrogen) atoms. The monoisotopic (exact) mass is 548 g/mol. The highest BCUT2D eigenvalue weighted by molar-refractivity contribution is 5.82. The Balaban J connectivity index is 1.80.